The molecule has 0 aliphatic carbocycles. The summed E-state index contributed by atoms with van der Waals surface area (Å²) in [6.07, 6.45) is 0. The first-order valence-corrected chi connectivity index (χ1v) is 5.39. The highest BCUT2D eigenvalue weighted by molar-refractivity contribution is 9.10. The summed E-state index contributed by atoms with van der Waals surface area (Å²) in [5, 5.41) is 29.2. The summed E-state index contributed by atoms with van der Waals surface area (Å²) in [5.74, 6) is -0.584. The molecule has 0 aromatic heterocycles. The van der Waals surface area contributed by atoms with Crippen LogP contribution < -0.4 is 11.2 Å². The third kappa shape index (κ3) is 3.34. The average Bonchev–Trinajstić information content (AvgIpc) is 2.25. The van der Waals surface area contributed by atoms with Crippen LogP contribution in [-0.2, 0) is 0 Å². The Balaban J connectivity index is 3.05. The van der Waals surface area contributed by atoms with E-state index in [0.717, 1.165) is 0 Å². The number of nitrogens with one attached hydrogen (secondary N) is 2. The van der Waals surface area contributed by atoms with Crippen LogP contribution in [0.3, 0.4) is 0 Å². The molecule has 0 radical (unpaired) electrons. The molecule has 0 saturated heterocycles. The molecule has 8 heteroatoms. The number of anilines is 1. The maximum atomic E-state index is 9.64. The number of hydrogen-bond acceptors (Lipinski definition) is 5. The van der Waals surface area contributed by atoms with Gasteiger partial charge in [-0.05, 0) is 28.1 Å². The molecule has 0 aliphatic heterocycles. The molecule has 0 spiro atoms. The number of rotatable bonds is 3. The van der Waals surface area contributed by atoms with E-state index in [0.29, 0.717) is 9.50 Å². The SMILES string of the molecule is N#C/C(=N\Nc1cc(Cl)cc(Br)c1O)C(=N)N. The molecule has 0 heterocycles. The second-order valence-electron chi connectivity index (χ2n) is 2.88. The van der Waals surface area contributed by atoms with Gasteiger partial charge < -0.3 is 10.8 Å². The van der Waals surface area contributed by atoms with Gasteiger partial charge in [-0.3, -0.25) is 10.8 Å². The van der Waals surface area contributed by atoms with Gasteiger partial charge in [0, 0.05) is 5.02 Å². The van der Waals surface area contributed by atoms with E-state index in [1.54, 1.807) is 6.07 Å². The Morgan fingerprint density at radius 1 is 1.65 bits per heavy atom. The quantitative estimate of drug-likeness (QED) is 0.295. The van der Waals surface area contributed by atoms with Gasteiger partial charge in [0.25, 0.3) is 0 Å². The smallest absolute Gasteiger partial charge is 0.201 e. The Morgan fingerprint density at radius 3 is 2.82 bits per heavy atom. The van der Waals surface area contributed by atoms with Crippen molar-refractivity contribution in [2.45, 2.75) is 0 Å². The minimum atomic E-state index is -0.472. The van der Waals surface area contributed by atoms with Crippen LogP contribution in [0.1, 0.15) is 0 Å². The molecule has 0 bridgehead atoms. The Kier molecular flexibility index (Phi) is 4.31. The number of halogens is 2. The second kappa shape index (κ2) is 5.52. The van der Waals surface area contributed by atoms with E-state index in [2.05, 4.69) is 26.5 Å². The van der Waals surface area contributed by atoms with Crippen LogP contribution in [0.5, 0.6) is 5.75 Å². The third-order valence-corrected chi connectivity index (χ3v) is 2.50. The molecule has 0 saturated carbocycles. The van der Waals surface area contributed by atoms with E-state index in [9.17, 15) is 5.11 Å². The predicted molar refractivity (Wildman–Crippen MR) is 69.4 cm³/mol. The van der Waals surface area contributed by atoms with E-state index < -0.39 is 5.84 Å². The lowest BCUT2D eigenvalue weighted by Gasteiger charge is -2.06. The van der Waals surface area contributed by atoms with Crippen LogP contribution in [0.25, 0.3) is 0 Å². The molecule has 0 fully saturated rings. The van der Waals surface area contributed by atoms with Crippen LogP contribution in [0.4, 0.5) is 5.69 Å². The third-order valence-electron chi connectivity index (χ3n) is 1.68. The normalized spacial score (nSPS) is 10.8. The lowest BCUT2D eigenvalue weighted by molar-refractivity contribution is 0.474. The van der Waals surface area contributed by atoms with E-state index in [4.69, 9.17) is 28.0 Å². The number of hydrazone groups is 1. The van der Waals surface area contributed by atoms with Crippen LogP contribution in [-0.4, -0.2) is 16.7 Å². The zero-order valence-corrected chi connectivity index (χ0v) is 10.7. The van der Waals surface area contributed by atoms with E-state index in [-0.39, 0.29) is 17.1 Å². The minimum absolute atomic E-state index is 0.112. The highest BCUT2D eigenvalue weighted by Crippen LogP contribution is 2.35. The maximum absolute atomic E-state index is 9.64. The molecule has 6 nitrogen and oxygen atoms in total. The number of benzene rings is 1. The van der Waals surface area contributed by atoms with Gasteiger partial charge in [-0.1, -0.05) is 11.6 Å². The summed E-state index contributed by atoms with van der Waals surface area (Å²) in [5.41, 5.74) is 7.41. The van der Waals surface area contributed by atoms with E-state index in [1.807, 2.05) is 0 Å². The summed E-state index contributed by atoms with van der Waals surface area (Å²) < 4.78 is 0.379. The molecule has 0 aliphatic rings. The molecule has 0 atom stereocenters. The van der Waals surface area contributed by atoms with Gasteiger partial charge in [0.1, 0.15) is 11.8 Å². The summed E-state index contributed by atoms with van der Waals surface area (Å²) in [4.78, 5) is 0. The molecular weight excluding hydrogens is 309 g/mol. The number of aromatic hydroxyl groups is 1. The number of phenols is 1. The number of amidine groups is 1. The van der Waals surface area contributed by atoms with Crippen LogP contribution in [0.15, 0.2) is 21.7 Å². The first-order chi connectivity index (χ1) is 7.95. The predicted octanol–water partition coefficient (Wildman–Crippen LogP) is 2.04. The van der Waals surface area contributed by atoms with Crippen molar-refractivity contribution < 1.29 is 5.11 Å². The van der Waals surface area contributed by atoms with Gasteiger partial charge in [0.05, 0.1) is 4.47 Å². The van der Waals surface area contributed by atoms with Gasteiger partial charge in [0.15, 0.2) is 11.6 Å². The molecular formula is C9H7BrClN5O. The molecule has 1 rings (SSSR count). The van der Waals surface area contributed by atoms with Crippen molar-refractivity contribution in [3.8, 4) is 11.8 Å². The highest BCUT2D eigenvalue weighted by Gasteiger charge is 2.08. The lowest BCUT2D eigenvalue weighted by Crippen LogP contribution is -2.21. The second-order valence-corrected chi connectivity index (χ2v) is 4.17. The molecule has 88 valence electrons. The van der Waals surface area contributed by atoms with Crippen molar-refractivity contribution >= 4 is 44.8 Å². The van der Waals surface area contributed by atoms with Crippen molar-refractivity contribution in [1.82, 2.24) is 0 Å². The van der Waals surface area contributed by atoms with Crippen LogP contribution in [0.2, 0.25) is 5.02 Å². The van der Waals surface area contributed by atoms with Crippen molar-refractivity contribution in [3.05, 3.63) is 21.6 Å². The van der Waals surface area contributed by atoms with Gasteiger partial charge in [0.2, 0.25) is 5.71 Å². The van der Waals surface area contributed by atoms with E-state index in [1.165, 1.54) is 12.1 Å². The number of nitriles is 1. The Labute approximate surface area is 110 Å². The van der Waals surface area contributed by atoms with Crippen LogP contribution >= 0.6 is 27.5 Å². The fourth-order valence-electron chi connectivity index (χ4n) is 0.913. The van der Waals surface area contributed by atoms with Gasteiger partial charge >= 0.3 is 0 Å². The summed E-state index contributed by atoms with van der Waals surface area (Å²) in [7, 11) is 0. The van der Waals surface area contributed by atoms with Gasteiger partial charge in [-0.15, -0.1) is 0 Å². The van der Waals surface area contributed by atoms with Crippen molar-refractivity contribution in [2.24, 2.45) is 10.8 Å². The molecule has 5 N–H and O–H groups in total. The summed E-state index contributed by atoms with van der Waals surface area (Å²) >= 11 is 8.87. The monoisotopic (exact) mass is 315 g/mol. The Hall–Kier alpha value is -1.78. The van der Waals surface area contributed by atoms with Gasteiger partial charge in [-0.2, -0.15) is 10.4 Å². The van der Waals surface area contributed by atoms with Crippen molar-refractivity contribution in [2.75, 3.05) is 5.43 Å². The zero-order chi connectivity index (χ0) is 13.0. The molecule has 0 unspecified atom stereocenters. The number of hydrogen-bond donors (Lipinski definition) is 4. The topological polar surface area (TPSA) is 118 Å². The highest BCUT2D eigenvalue weighted by atomic mass is 79.9. The lowest BCUT2D eigenvalue weighted by atomic mass is 10.3. The average molecular weight is 317 g/mol. The van der Waals surface area contributed by atoms with Crippen molar-refractivity contribution in [1.29, 1.82) is 10.7 Å². The molecule has 1 aromatic carbocycles. The van der Waals surface area contributed by atoms with E-state index >= 15 is 0 Å². The first kappa shape index (κ1) is 13.3. The van der Waals surface area contributed by atoms with Crippen molar-refractivity contribution in [3.63, 3.8) is 0 Å². The molecule has 17 heavy (non-hydrogen) atoms. The fraction of sp³-hybridized carbons (Fsp3) is 0. The largest absolute Gasteiger partial charge is 0.505 e. The zero-order valence-electron chi connectivity index (χ0n) is 8.33. The molecule has 1 aromatic rings. The Bertz CT molecular complexity index is 537. The molecule has 0 amide bonds. The standard InChI is InChI=1S/C9H7BrClN5O/c10-5-1-4(11)2-6(8(5)17)15-16-7(3-12)9(13)14/h1-2,15,17H,(H3,13,14)/b16-7+. The summed E-state index contributed by atoms with van der Waals surface area (Å²) in [6, 6.07) is 4.55. The summed E-state index contributed by atoms with van der Waals surface area (Å²) in [6.45, 7) is 0. The maximum Gasteiger partial charge on any atom is 0.201 e. The number of phenolic OH excluding ortho intramolecular Hbond substituents is 1. The Morgan fingerprint density at radius 2 is 2.29 bits per heavy atom. The minimum Gasteiger partial charge on any atom is -0.505 e. The first-order valence-electron chi connectivity index (χ1n) is 4.22. The number of nitrogens with zero attached hydrogens (tertiary/aromatic N) is 2. The van der Waals surface area contributed by atoms with Crippen LogP contribution in [0, 0.1) is 16.7 Å². The van der Waals surface area contributed by atoms with Gasteiger partial charge in [-0.25, -0.2) is 0 Å². The number of nitrogens with two attached hydrogens (primary N) is 1. The fourth-order valence-corrected chi connectivity index (χ4v) is 1.72.